The van der Waals surface area contributed by atoms with E-state index in [1.54, 1.807) is 0 Å². The Kier molecular flexibility index (Phi) is 3.07. The minimum Gasteiger partial charge on any atom is -0.355 e. The molecule has 0 radical (unpaired) electrons. The van der Waals surface area contributed by atoms with Crippen LogP contribution < -0.4 is 10.6 Å². The summed E-state index contributed by atoms with van der Waals surface area (Å²) < 4.78 is 1.99. The molecule has 1 saturated heterocycles. The van der Waals surface area contributed by atoms with Gasteiger partial charge in [-0.2, -0.15) is 5.10 Å². The zero-order valence-electron chi connectivity index (χ0n) is 10.8. The Hall–Kier alpha value is -1.36. The lowest BCUT2D eigenvalue weighted by atomic mass is 9.91. The molecule has 0 saturated carbocycles. The predicted molar refractivity (Wildman–Crippen MR) is 68.1 cm³/mol. The Bertz CT molecular complexity index is 444. The third-order valence-electron chi connectivity index (χ3n) is 4.08. The van der Waals surface area contributed by atoms with Gasteiger partial charge in [0, 0.05) is 43.4 Å². The maximum Gasteiger partial charge on any atom is 0.220 e. The van der Waals surface area contributed by atoms with Crippen molar-refractivity contribution in [2.45, 2.75) is 44.2 Å². The van der Waals surface area contributed by atoms with Gasteiger partial charge in [-0.3, -0.25) is 9.48 Å². The highest BCUT2D eigenvalue weighted by atomic mass is 16.1. The predicted octanol–water partition coefficient (Wildman–Crippen LogP) is 0.666. The molecule has 2 aliphatic rings. The van der Waals surface area contributed by atoms with E-state index in [4.69, 9.17) is 0 Å². The summed E-state index contributed by atoms with van der Waals surface area (Å²) in [5, 5.41) is 11.0. The monoisotopic (exact) mass is 248 g/mol. The number of hydrogen-bond acceptors (Lipinski definition) is 3. The van der Waals surface area contributed by atoms with Crippen molar-refractivity contribution in [1.29, 1.82) is 0 Å². The van der Waals surface area contributed by atoms with E-state index >= 15 is 0 Å². The molecular formula is C13H20N4O. The summed E-state index contributed by atoms with van der Waals surface area (Å²) in [5.41, 5.74) is 2.71. The first-order valence-electron chi connectivity index (χ1n) is 6.77. The average Bonchev–Trinajstić information content (AvgIpc) is 2.76. The Morgan fingerprint density at radius 2 is 2.33 bits per heavy atom. The topological polar surface area (TPSA) is 59.0 Å². The van der Waals surface area contributed by atoms with E-state index < -0.39 is 0 Å². The Labute approximate surface area is 107 Å². The van der Waals surface area contributed by atoms with Crippen LogP contribution in [-0.2, 0) is 18.3 Å². The summed E-state index contributed by atoms with van der Waals surface area (Å²) in [7, 11) is 2.02. The van der Waals surface area contributed by atoms with Crippen LogP contribution in [0.3, 0.4) is 0 Å². The highest BCUT2D eigenvalue weighted by Crippen LogP contribution is 2.29. The molecule has 1 amide bonds. The number of amides is 1. The van der Waals surface area contributed by atoms with E-state index in [9.17, 15) is 4.79 Å². The van der Waals surface area contributed by atoms with Crippen LogP contribution in [0.4, 0.5) is 0 Å². The third-order valence-corrected chi connectivity index (χ3v) is 4.08. The first-order valence-corrected chi connectivity index (χ1v) is 6.77. The molecule has 1 aromatic heterocycles. The fourth-order valence-corrected chi connectivity index (χ4v) is 3.04. The van der Waals surface area contributed by atoms with Gasteiger partial charge in [-0.25, -0.2) is 0 Å². The molecule has 2 heterocycles. The molecule has 0 spiro atoms. The van der Waals surface area contributed by atoms with Crippen LogP contribution >= 0.6 is 0 Å². The molecule has 98 valence electrons. The number of piperidine rings is 1. The van der Waals surface area contributed by atoms with Crippen LogP contribution in [-0.4, -0.2) is 28.3 Å². The molecule has 0 aromatic carbocycles. The maximum absolute atomic E-state index is 11.2. The quantitative estimate of drug-likeness (QED) is 0.808. The number of nitrogens with one attached hydrogen (secondary N) is 2. The van der Waals surface area contributed by atoms with Crippen molar-refractivity contribution in [1.82, 2.24) is 20.4 Å². The van der Waals surface area contributed by atoms with Gasteiger partial charge in [0.25, 0.3) is 0 Å². The Morgan fingerprint density at radius 3 is 3.11 bits per heavy atom. The van der Waals surface area contributed by atoms with Crippen LogP contribution in [0.15, 0.2) is 6.20 Å². The van der Waals surface area contributed by atoms with Crippen LogP contribution in [0, 0.1) is 0 Å². The average molecular weight is 248 g/mol. The zero-order valence-corrected chi connectivity index (χ0v) is 10.8. The molecule has 2 atom stereocenters. The van der Waals surface area contributed by atoms with Crippen molar-refractivity contribution < 1.29 is 4.79 Å². The summed E-state index contributed by atoms with van der Waals surface area (Å²) in [6, 6.07) is 0.807. The minimum atomic E-state index is 0.179. The van der Waals surface area contributed by atoms with Crippen LogP contribution in [0.25, 0.3) is 0 Å². The number of aromatic nitrogens is 2. The number of hydrogen-bond donors (Lipinski definition) is 2. The molecule has 2 N–H and O–H groups in total. The molecule has 0 bridgehead atoms. The van der Waals surface area contributed by atoms with Gasteiger partial charge >= 0.3 is 0 Å². The fourth-order valence-electron chi connectivity index (χ4n) is 3.04. The standard InChI is InChI=1S/C13H20N4O/c1-17-12-4-2-3-11(10(12)8-15-17)16-9-5-6-13(18)14-7-9/h8-9,11,16H,2-7H2,1H3,(H,14,18). The first kappa shape index (κ1) is 11.7. The molecule has 5 heteroatoms. The van der Waals surface area contributed by atoms with Gasteiger partial charge < -0.3 is 10.6 Å². The second-order valence-corrected chi connectivity index (χ2v) is 5.32. The summed E-state index contributed by atoms with van der Waals surface area (Å²) >= 11 is 0. The van der Waals surface area contributed by atoms with Crippen LogP contribution in [0.1, 0.15) is 43.0 Å². The van der Waals surface area contributed by atoms with Gasteiger partial charge in [0.15, 0.2) is 0 Å². The van der Waals surface area contributed by atoms with Crippen molar-refractivity contribution in [3.63, 3.8) is 0 Å². The molecule has 5 nitrogen and oxygen atoms in total. The maximum atomic E-state index is 11.2. The number of carbonyl (C=O) groups is 1. The van der Waals surface area contributed by atoms with Gasteiger partial charge in [0.05, 0.1) is 6.20 Å². The number of fused-ring (bicyclic) bond motifs is 1. The zero-order chi connectivity index (χ0) is 12.5. The SMILES string of the molecule is Cn1ncc2c1CCCC2NC1CCC(=O)NC1. The summed E-state index contributed by atoms with van der Waals surface area (Å²) in [6.07, 6.45) is 7.09. The molecule has 1 aliphatic carbocycles. The van der Waals surface area contributed by atoms with Crippen molar-refractivity contribution in [3.8, 4) is 0 Å². The number of nitrogens with zero attached hydrogens (tertiary/aromatic N) is 2. The van der Waals surface area contributed by atoms with Crippen LogP contribution in [0.5, 0.6) is 0 Å². The van der Waals surface area contributed by atoms with Crippen molar-refractivity contribution in [2.24, 2.45) is 7.05 Å². The largest absolute Gasteiger partial charge is 0.355 e. The third kappa shape index (κ3) is 2.14. The van der Waals surface area contributed by atoms with Gasteiger partial charge in [-0.1, -0.05) is 0 Å². The van der Waals surface area contributed by atoms with Gasteiger partial charge in [0.1, 0.15) is 0 Å². The van der Waals surface area contributed by atoms with Crippen molar-refractivity contribution >= 4 is 5.91 Å². The van der Waals surface area contributed by atoms with E-state index in [1.807, 2.05) is 17.9 Å². The van der Waals surface area contributed by atoms with E-state index in [-0.39, 0.29) is 5.91 Å². The normalized spacial score (nSPS) is 27.7. The summed E-state index contributed by atoms with van der Waals surface area (Å²) in [6.45, 7) is 0.755. The number of carbonyl (C=O) groups excluding carboxylic acids is 1. The fraction of sp³-hybridized carbons (Fsp3) is 0.692. The van der Waals surface area contributed by atoms with Gasteiger partial charge in [-0.15, -0.1) is 0 Å². The van der Waals surface area contributed by atoms with Crippen molar-refractivity contribution in [2.75, 3.05) is 6.54 Å². The van der Waals surface area contributed by atoms with E-state index in [0.29, 0.717) is 18.5 Å². The molecule has 18 heavy (non-hydrogen) atoms. The lowest BCUT2D eigenvalue weighted by molar-refractivity contribution is -0.122. The first-order chi connectivity index (χ1) is 8.74. The second kappa shape index (κ2) is 4.72. The van der Waals surface area contributed by atoms with Gasteiger partial charge in [0.2, 0.25) is 5.91 Å². The van der Waals surface area contributed by atoms with E-state index in [1.165, 1.54) is 24.1 Å². The minimum absolute atomic E-state index is 0.179. The molecule has 1 aromatic rings. The van der Waals surface area contributed by atoms with E-state index in [0.717, 1.165) is 19.4 Å². The molecular weight excluding hydrogens is 228 g/mol. The second-order valence-electron chi connectivity index (χ2n) is 5.32. The summed E-state index contributed by atoms with van der Waals surface area (Å²) in [4.78, 5) is 11.2. The van der Waals surface area contributed by atoms with Gasteiger partial charge in [-0.05, 0) is 25.7 Å². The molecule has 3 rings (SSSR count). The lowest BCUT2D eigenvalue weighted by Crippen LogP contribution is -2.47. The Morgan fingerprint density at radius 1 is 1.44 bits per heavy atom. The summed E-state index contributed by atoms with van der Waals surface area (Å²) in [5.74, 6) is 0.179. The number of aryl methyl sites for hydroxylation is 1. The highest BCUT2D eigenvalue weighted by Gasteiger charge is 2.27. The Balaban J connectivity index is 1.69. The smallest absolute Gasteiger partial charge is 0.220 e. The molecule has 1 aliphatic heterocycles. The van der Waals surface area contributed by atoms with E-state index in [2.05, 4.69) is 15.7 Å². The number of rotatable bonds is 2. The van der Waals surface area contributed by atoms with Crippen LogP contribution in [0.2, 0.25) is 0 Å². The van der Waals surface area contributed by atoms with Crippen molar-refractivity contribution in [3.05, 3.63) is 17.5 Å². The highest BCUT2D eigenvalue weighted by molar-refractivity contribution is 5.76. The molecule has 2 unspecified atom stereocenters. The molecule has 1 fully saturated rings. The lowest BCUT2D eigenvalue weighted by Gasteiger charge is -2.31.